The third-order valence-electron chi connectivity index (χ3n) is 4.08. The smallest absolute Gasteiger partial charge is 0.335 e. The summed E-state index contributed by atoms with van der Waals surface area (Å²) in [7, 11) is 0. The van der Waals surface area contributed by atoms with Crippen molar-refractivity contribution in [2.75, 3.05) is 4.90 Å². The van der Waals surface area contributed by atoms with E-state index in [1.54, 1.807) is 24.3 Å². The molecule has 0 unspecified atom stereocenters. The fraction of sp³-hybridized carbons (Fsp3) is 0. The number of rotatable bonds is 4. The van der Waals surface area contributed by atoms with Crippen LogP contribution in [0.4, 0.5) is 10.5 Å². The fourth-order valence-electron chi connectivity index (χ4n) is 2.75. The third-order valence-corrected chi connectivity index (χ3v) is 6.17. The molecule has 1 N–H and O–H groups in total. The SMILES string of the molecule is O=C1NC(=O)N(c2cccc(Cl)c2)C(=O)/C1=C/c1cc(Br)c(Sc2ccccc2)o1. The van der Waals surface area contributed by atoms with Crippen LogP contribution in [0.2, 0.25) is 5.02 Å². The van der Waals surface area contributed by atoms with Crippen LogP contribution >= 0.6 is 39.3 Å². The molecule has 6 nitrogen and oxygen atoms in total. The highest BCUT2D eigenvalue weighted by atomic mass is 79.9. The molecule has 9 heteroatoms. The lowest BCUT2D eigenvalue weighted by molar-refractivity contribution is -0.122. The molecule has 1 saturated heterocycles. The Kier molecular flexibility index (Phi) is 5.80. The summed E-state index contributed by atoms with van der Waals surface area (Å²) >= 11 is 10.8. The van der Waals surface area contributed by atoms with Gasteiger partial charge in [-0.1, -0.05) is 47.6 Å². The summed E-state index contributed by atoms with van der Waals surface area (Å²) < 4.78 is 6.46. The van der Waals surface area contributed by atoms with Crippen LogP contribution < -0.4 is 10.2 Å². The number of hydrogen-bond donors (Lipinski definition) is 1. The maximum atomic E-state index is 12.9. The normalized spacial score (nSPS) is 15.6. The van der Waals surface area contributed by atoms with Gasteiger partial charge in [0.25, 0.3) is 11.8 Å². The van der Waals surface area contributed by atoms with Crippen molar-refractivity contribution in [2.24, 2.45) is 0 Å². The predicted molar refractivity (Wildman–Crippen MR) is 117 cm³/mol. The Balaban J connectivity index is 1.65. The van der Waals surface area contributed by atoms with Crippen LogP contribution in [0.3, 0.4) is 0 Å². The molecule has 0 spiro atoms. The number of nitrogens with zero attached hydrogens (tertiary/aromatic N) is 1. The summed E-state index contributed by atoms with van der Waals surface area (Å²) in [6.07, 6.45) is 1.31. The van der Waals surface area contributed by atoms with Gasteiger partial charge in [-0.25, -0.2) is 9.69 Å². The number of nitrogens with one attached hydrogen (secondary N) is 1. The number of barbiturate groups is 1. The van der Waals surface area contributed by atoms with Gasteiger partial charge in [0.15, 0.2) is 5.09 Å². The van der Waals surface area contributed by atoms with E-state index in [0.717, 1.165) is 9.80 Å². The number of carbonyl (C=O) groups excluding carboxylic acids is 3. The van der Waals surface area contributed by atoms with Crippen LogP contribution in [-0.2, 0) is 9.59 Å². The highest BCUT2D eigenvalue weighted by Gasteiger charge is 2.37. The third kappa shape index (κ3) is 4.21. The minimum Gasteiger partial charge on any atom is -0.449 e. The monoisotopic (exact) mass is 502 g/mol. The van der Waals surface area contributed by atoms with E-state index < -0.39 is 17.8 Å². The first-order valence-electron chi connectivity index (χ1n) is 8.61. The molecule has 0 bridgehead atoms. The molecule has 2 heterocycles. The number of benzene rings is 2. The molecule has 150 valence electrons. The predicted octanol–water partition coefficient (Wildman–Crippen LogP) is 5.51. The molecule has 3 aromatic rings. The summed E-state index contributed by atoms with van der Waals surface area (Å²) in [4.78, 5) is 39.3. The van der Waals surface area contributed by atoms with Crippen LogP contribution in [0.15, 0.2) is 85.1 Å². The van der Waals surface area contributed by atoms with Crippen molar-refractivity contribution in [3.63, 3.8) is 0 Å². The number of anilines is 1. The first-order valence-corrected chi connectivity index (χ1v) is 10.6. The van der Waals surface area contributed by atoms with E-state index in [-0.39, 0.29) is 11.3 Å². The number of halogens is 2. The van der Waals surface area contributed by atoms with Gasteiger partial charge in [-0.3, -0.25) is 14.9 Å². The Hall–Kier alpha value is -2.81. The number of amides is 4. The lowest BCUT2D eigenvalue weighted by Crippen LogP contribution is -2.54. The molecule has 1 aromatic heterocycles. The first-order chi connectivity index (χ1) is 14.4. The Morgan fingerprint density at radius 2 is 1.80 bits per heavy atom. The Morgan fingerprint density at radius 3 is 2.53 bits per heavy atom. The van der Waals surface area contributed by atoms with Crippen LogP contribution in [0.25, 0.3) is 6.08 Å². The molecule has 0 aliphatic carbocycles. The second kappa shape index (κ2) is 8.51. The molecule has 2 aromatic carbocycles. The van der Waals surface area contributed by atoms with Gasteiger partial charge < -0.3 is 4.42 Å². The van der Waals surface area contributed by atoms with E-state index >= 15 is 0 Å². The maximum Gasteiger partial charge on any atom is 0.335 e. The topological polar surface area (TPSA) is 79.6 Å². The number of urea groups is 1. The highest BCUT2D eigenvalue weighted by molar-refractivity contribution is 9.10. The number of carbonyl (C=O) groups is 3. The summed E-state index contributed by atoms with van der Waals surface area (Å²) in [5, 5.41) is 3.09. The Morgan fingerprint density at radius 1 is 1.03 bits per heavy atom. The summed E-state index contributed by atoms with van der Waals surface area (Å²) in [5.74, 6) is -1.27. The number of furan rings is 1. The molecule has 4 rings (SSSR count). The Labute approximate surface area is 189 Å². The second-order valence-electron chi connectivity index (χ2n) is 6.14. The van der Waals surface area contributed by atoms with Gasteiger partial charge in [0.05, 0.1) is 10.2 Å². The van der Waals surface area contributed by atoms with Crippen molar-refractivity contribution in [2.45, 2.75) is 9.99 Å². The van der Waals surface area contributed by atoms with Crippen molar-refractivity contribution in [3.05, 3.63) is 81.5 Å². The van der Waals surface area contributed by atoms with Crippen molar-refractivity contribution in [3.8, 4) is 0 Å². The van der Waals surface area contributed by atoms with E-state index in [1.807, 2.05) is 30.3 Å². The fourth-order valence-corrected chi connectivity index (χ4v) is 4.29. The average Bonchev–Trinajstić information content (AvgIpc) is 3.05. The molecule has 1 fully saturated rings. The minimum absolute atomic E-state index is 0.230. The van der Waals surface area contributed by atoms with Gasteiger partial charge in [0.2, 0.25) is 0 Å². The van der Waals surface area contributed by atoms with E-state index in [1.165, 1.54) is 23.9 Å². The molecular formula is C21H12BrClN2O4S. The summed E-state index contributed by atoms with van der Waals surface area (Å²) in [6, 6.07) is 16.7. The van der Waals surface area contributed by atoms with Gasteiger partial charge in [-0.05, 0) is 58.4 Å². The van der Waals surface area contributed by atoms with Crippen molar-refractivity contribution in [1.82, 2.24) is 5.32 Å². The van der Waals surface area contributed by atoms with E-state index in [9.17, 15) is 14.4 Å². The lowest BCUT2D eigenvalue weighted by atomic mass is 10.1. The Bertz CT molecular complexity index is 1190. The van der Waals surface area contributed by atoms with Crippen LogP contribution in [0.5, 0.6) is 0 Å². The van der Waals surface area contributed by atoms with E-state index in [4.69, 9.17) is 16.0 Å². The van der Waals surface area contributed by atoms with Crippen molar-refractivity contribution < 1.29 is 18.8 Å². The van der Waals surface area contributed by atoms with Crippen LogP contribution in [0.1, 0.15) is 5.76 Å². The molecule has 0 saturated carbocycles. The standard InChI is InChI=1S/C21H12BrClN2O4S/c22-17-11-14(29-20(17)30-15-7-2-1-3-8-15)10-16-18(26)24-21(28)25(19(16)27)13-6-4-5-12(23)9-13/h1-11H,(H,24,26,28)/b16-10+. The zero-order chi connectivity index (χ0) is 21.3. The van der Waals surface area contributed by atoms with Gasteiger partial charge in [-0.2, -0.15) is 0 Å². The molecule has 4 amide bonds. The summed E-state index contributed by atoms with van der Waals surface area (Å²) in [6.45, 7) is 0. The maximum absolute atomic E-state index is 12.9. The van der Waals surface area contributed by atoms with Gasteiger partial charge in [0, 0.05) is 9.92 Å². The van der Waals surface area contributed by atoms with Crippen LogP contribution in [0, 0.1) is 0 Å². The average molecular weight is 504 g/mol. The minimum atomic E-state index is -0.842. The van der Waals surface area contributed by atoms with Crippen molar-refractivity contribution in [1.29, 1.82) is 0 Å². The first kappa shape index (κ1) is 20.5. The molecule has 0 radical (unpaired) electrons. The molecular weight excluding hydrogens is 492 g/mol. The lowest BCUT2D eigenvalue weighted by Gasteiger charge is -2.26. The van der Waals surface area contributed by atoms with E-state index in [0.29, 0.717) is 20.3 Å². The zero-order valence-corrected chi connectivity index (χ0v) is 18.3. The van der Waals surface area contributed by atoms with Crippen molar-refractivity contribution >= 4 is 68.9 Å². The largest absolute Gasteiger partial charge is 0.449 e. The second-order valence-corrected chi connectivity index (χ2v) is 8.47. The van der Waals surface area contributed by atoms with E-state index in [2.05, 4.69) is 21.2 Å². The quantitative estimate of drug-likeness (QED) is 0.375. The van der Waals surface area contributed by atoms with Crippen LogP contribution in [-0.4, -0.2) is 17.8 Å². The number of imide groups is 2. The molecule has 30 heavy (non-hydrogen) atoms. The highest BCUT2D eigenvalue weighted by Crippen LogP contribution is 2.36. The van der Waals surface area contributed by atoms with Gasteiger partial charge >= 0.3 is 6.03 Å². The van der Waals surface area contributed by atoms with Gasteiger partial charge in [0.1, 0.15) is 11.3 Å². The zero-order valence-electron chi connectivity index (χ0n) is 15.1. The number of hydrogen-bond acceptors (Lipinski definition) is 5. The summed E-state index contributed by atoms with van der Waals surface area (Å²) in [5.41, 5.74) is 0.0245. The molecule has 1 aliphatic rings. The molecule has 0 atom stereocenters. The molecule has 1 aliphatic heterocycles. The van der Waals surface area contributed by atoms with Gasteiger partial charge in [-0.15, -0.1) is 0 Å².